The van der Waals surface area contributed by atoms with Gasteiger partial charge in [-0.2, -0.15) is 0 Å². The second kappa shape index (κ2) is 9.13. The molecule has 2 aromatic heterocycles. The maximum absolute atomic E-state index is 14.7. The molecular formula is C25H26F2N6O. The van der Waals surface area contributed by atoms with Gasteiger partial charge < -0.3 is 10.5 Å². The number of aryl methyl sites for hydroxylation is 1. The number of aromatic nitrogens is 4. The zero-order chi connectivity index (χ0) is 23.8. The number of hydrogen-bond donors (Lipinski definition) is 1. The first-order chi connectivity index (χ1) is 16.4. The highest BCUT2D eigenvalue weighted by Gasteiger charge is 2.33. The van der Waals surface area contributed by atoms with E-state index in [-0.39, 0.29) is 23.7 Å². The first kappa shape index (κ1) is 22.5. The molecule has 2 N–H and O–H groups in total. The molecule has 2 fully saturated rings. The summed E-state index contributed by atoms with van der Waals surface area (Å²) in [5.41, 5.74) is 8.62. The van der Waals surface area contributed by atoms with Crippen LogP contribution >= 0.6 is 0 Å². The van der Waals surface area contributed by atoms with Crippen molar-refractivity contribution < 1.29 is 13.5 Å². The Labute approximate surface area is 196 Å². The van der Waals surface area contributed by atoms with Gasteiger partial charge in [-0.1, -0.05) is 0 Å². The minimum absolute atomic E-state index is 0.0677. The Morgan fingerprint density at radius 1 is 1.18 bits per heavy atom. The summed E-state index contributed by atoms with van der Waals surface area (Å²) in [5.74, 6) is -0.915. The second-order valence-electron chi connectivity index (χ2n) is 9.02. The third-order valence-electron chi connectivity index (χ3n) is 6.15. The number of aliphatic imine (C=N–C) groups is 1. The maximum Gasteiger partial charge on any atom is 0.182 e. The molecule has 3 heterocycles. The summed E-state index contributed by atoms with van der Waals surface area (Å²) < 4.78 is 34.5. The lowest BCUT2D eigenvalue weighted by atomic mass is 9.88. The fourth-order valence-corrected chi connectivity index (χ4v) is 4.28. The summed E-state index contributed by atoms with van der Waals surface area (Å²) in [5, 5.41) is 0. The van der Waals surface area contributed by atoms with Gasteiger partial charge >= 0.3 is 0 Å². The predicted octanol–water partition coefficient (Wildman–Crippen LogP) is 4.40. The minimum Gasteiger partial charge on any atom is -0.404 e. The van der Waals surface area contributed by atoms with Crippen LogP contribution in [0.2, 0.25) is 0 Å². The van der Waals surface area contributed by atoms with Crippen molar-refractivity contribution in [3.05, 3.63) is 59.3 Å². The van der Waals surface area contributed by atoms with E-state index < -0.39 is 11.6 Å². The van der Waals surface area contributed by atoms with Crippen molar-refractivity contribution in [1.29, 1.82) is 0 Å². The Morgan fingerprint density at radius 3 is 2.74 bits per heavy atom. The molecule has 0 spiro atoms. The van der Waals surface area contributed by atoms with E-state index in [4.69, 9.17) is 20.4 Å². The molecule has 0 unspecified atom stereocenters. The lowest BCUT2D eigenvalue weighted by Gasteiger charge is -2.33. The average molecular weight is 465 g/mol. The third kappa shape index (κ3) is 4.65. The third-order valence-corrected chi connectivity index (χ3v) is 6.15. The van der Waals surface area contributed by atoms with Crippen molar-refractivity contribution in [2.24, 2.45) is 10.7 Å². The minimum atomic E-state index is -0.712. The van der Waals surface area contributed by atoms with Gasteiger partial charge in [-0.3, -0.25) is 4.99 Å². The van der Waals surface area contributed by atoms with Gasteiger partial charge in [-0.15, -0.1) is 0 Å². The highest BCUT2D eigenvalue weighted by atomic mass is 19.1. The smallest absolute Gasteiger partial charge is 0.182 e. The van der Waals surface area contributed by atoms with E-state index in [2.05, 4.69) is 15.0 Å². The number of benzene rings is 1. The molecule has 0 amide bonds. The average Bonchev–Trinajstić information content (AvgIpc) is 3.63. The van der Waals surface area contributed by atoms with Crippen LogP contribution in [0.5, 0.6) is 0 Å². The van der Waals surface area contributed by atoms with Gasteiger partial charge in [0.2, 0.25) is 0 Å². The van der Waals surface area contributed by atoms with Crippen LogP contribution in [0.1, 0.15) is 50.0 Å². The van der Waals surface area contributed by atoms with Crippen LogP contribution < -0.4 is 5.73 Å². The second-order valence-corrected chi connectivity index (χ2v) is 9.02. The van der Waals surface area contributed by atoms with Crippen LogP contribution in [0.15, 0.2) is 41.2 Å². The van der Waals surface area contributed by atoms with Crippen LogP contribution in [0.25, 0.3) is 22.4 Å². The number of halogens is 2. The molecule has 9 heteroatoms. The van der Waals surface area contributed by atoms with E-state index >= 15 is 0 Å². The molecule has 5 rings (SSSR count). The topological polar surface area (TPSA) is 99.2 Å². The van der Waals surface area contributed by atoms with E-state index in [1.807, 2.05) is 20.1 Å². The molecule has 0 bridgehead atoms. The molecule has 1 aromatic carbocycles. The molecule has 34 heavy (non-hydrogen) atoms. The molecule has 1 saturated heterocycles. The van der Waals surface area contributed by atoms with E-state index in [0.717, 1.165) is 24.5 Å². The van der Waals surface area contributed by atoms with Crippen LogP contribution in [-0.2, 0) is 4.74 Å². The van der Waals surface area contributed by atoms with E-state index in [9.17, 15) is 8.78 Å². The first-order valence-electron chi connectivity index (χ1n) is 11.5. The Hall–Kier alpha value is -3.33. The lowest BCUT2D eigenvalue weighted by Crippen LogP contribution is -2.33. The first-order valence-corrected chi connectivity index (χ1v) is 11.5. The van der Waals surface area contributed by atoms with Crippen molar-refractivity contribution in [1.82, 2.24) is 19.9 Å². The molecular weight excluding hydrogens is 438 g/mol. The Kier molecular flexibility index (Phi) is 6.03. The molecule has 7 nitrogen and oxygen atoms in total. The Balaban J connectivity index is 1.56. The Bertz CT molecular complexity index is 1290. The summed E-state index contributed by atoms with van der Waals surface area (Å²) in [4.78, 5) is 22.9. The number of nitrogens with zero attached hydrogens (tertiary/aromatic N) is 5. The largest absolute Gasteiger partial charge is 0.404 e. The van der Waals surface area contributed by atoms with Crippen molar-refractivity contribution >= 4 is 17.4 Å². The summed E-state index contributed by atoms with van der Waals surface area (Å²) in [6, 6.07) is 3.80. The SMILES string of the molecule is Cc1cnc2c(-c3ccc(F)cc3F)nc([C@H]3C[C@@H](C)O[C@H](/C(C=NC4CC4)=C/N)C3)nc2n1. The van der Waals surface area contributed by atoms with Crippen molar-refractivity contribution in [3.63, 3.8) is 0 Å². The van der Waals surface area contributed by atoms with E-state index in [1.54, 1.807) is 12.4 Å². The molecule has 0 radical (unpaired) electrons. The zero-order valence-corrected chi connectivity index (χ0v) is 19.1. The Morgan fingerprint density at radius 2 is 2.00 bits per heavy atom. The molecule has 3 atom stereocenters. The zero-order valence-electron chi connectivity index (χ0n) is 19.1. The van der Waals surface area contributed by atoms with E-state index in [1.165, 1.54) is 12.1 Å². The van der Waals surface area contributed by atoms with Gasteiger partial charge in [0.05, 0.1) is 23.9 Å². The maximum atomic E-state index is 14.7. The van der Waals surface area contributed by atoms with Crippen LogP contribution in [0.3, 0.4) is 0 Å². The summed E-state index contributed by atoms with van der Waals surface area (Å²) in [7, 11) is 0. The standard InChI is InChI=1S/C25H26F2N6O/c1-13-11-30-23-22(19-6-3-17(26)9-20(19)27)32-24(33-25(23)31-13)15-7-14(2)34-21(8-15)16(10-28)12-29-18-4-5-18/h3,6,9-12,14-15,18,21H,4-5,7-8,28H2,1-2H3/b16-10+,29-12?/t14-,15+,21+/m1/s1. The number of rotatable bonds is 5. The fraction of sp³-hybridized carbons (Fsp3) is 0.400. The van der Waals surface area contributed by atoms with Gasteiger partial charge in [0.15, 0.2) is 5.65 Å². The fourth-order valence-electron chi connectivity index (χ4n) is 4.28. The lowest BCUT2D eigenvalue weighted by molar-refractivity contribution is -0.0272. The predicted molar refractivity (Wildman–Crippen MR) is 125 cm³/mol. The molecule has 1 saturated carbocycles. The molecule has 1 aliphatic heterocycles. The number of nitrogens with two attached hydrogens (primary N) is 1. The molecule has 1 aliphatic carbocycles. The molecule has 2 aliphatic rings. The number of fused-ring (bicyclic) bond motifs is 1. The summed E-state index contributed by atoms with van der Waals surface area (Å²) >= 11 is 0. The van der Waals surface area contributed by atoms with Crippen LogP contribution in [-0.4, -0.2) is 44.4 Å². The summed E-state index contributed by atoms with van der Waals surface area (Å²) in [6.45, 7) is 3.81. The number of ether oxygens (including phenoxy) is 1. The van der Waals surface area contributed by atoms with Gasteiger partial charge in [0, 0.05) is 41.7 Å². The molecule has 176 valence electrons. The van der Waals surface area contributed by atoms with Gasteiger partial charge in [-0.25, -0.2) is 28.7 Å². The van der Waals surface area contributed by atoms with Gasteiger partial charge in [-0.05, 0) is 51.7 Å². The van der Waals surface area contributed by atoms with Crippen molar-refractivity contribution in [2.75, 3.05) is 0 Å². The van der Waals surface area contributed by atoms with Crippen LogP contribution in [0.4, 0.5) is 8.78 Å². The highest BCUT2D eigenvalue weighted by molar-refractivity contribution is 5.87. The van der Waals surface area contributed by atoms with Crippen molar-refractivity contribution in [3.8, 4) is 11.3 Å². The molecule has 3 aromatic rings. The van der Waals surface area contributed by atoms with Crippen LogP contribution in [0, 0.1) is 18.6 Å². The quantitative estimate of drug-likeness (QED) is 0.562. The van der Waals surface area contributed by atoms with Crippen molar-refractivity contribution in [2.45, 2.75) is 63.7 Å². The highest BCUT2D eigenvalue weighted by Crippen LogP contribution is 2.36. The summed E-state index contributed by atoms with van der Waals surface area (Å²) in [6.07, 6.45) is 8.11. The monoisotopic (exact) mass is 464 g/mol. The normalized spacial score (nSPS) is 23.6. The van der Waals surface area contributed by atoms with Gasteiger partial charge in [0.1, 0.15) is 28.7 Å². The number of hydrogen-bond acceptors (Lipinski definition) is 7. The van der Waals surface area contributed by atoms with Gasteiger partial charge in [0.25, 0.3) is 0 Å². The van der Waals surface area contributed by atoms with E-state index in [0.29, 0.717) is 47.3 Å².